The lowest BCUT2D eigenvalue weighted by Crippen LogP contribution is -2.21. The number of carbonyl (C=O) groups excluding carboxylic acids is 2. The second-order valence-corrected chi connectivity index (χ2v) is 6.29. The molecule has 0 aromatic heterocycles. The third kappa shape index (κ3) is 6.44. The number of anilines is 1. The molecule has 0 aliphatic rings. The Morgan fingerprint density at radius 2 is 1.96 bits per heavy atom. The van der Waals surface area contributed by atoms with Crippen molar-refractivity contribution in [2.45, 2.75) is 26.8 Å². The van der Waals surface area contributed by atoms with Crippen molar-refractivity contribution in [1.29, 1.82) is 5.26 Å². The highest BCUT2D eigenvalue weighted by Gasteiger charge is 2.10. The van der Waals surface area contributed by atoms with Crippen molar-refractivity contribution < 1.29 is 9.59 Å². The van der Waals surface area contributed by atoms with Crippen LogP contribution in [-0.2, 0) is 16.1 Å². The van der Waals surface area contributed by atoms with Gasteiger partial charge in [-0.05, 0) is 47.9 Å². The van der Waals surface area contributed by atoms with Gasteiger partial charge in [0.15, 0.2) is 0 Å². The largest absolute Gasteiger partial charge is 0.348 e. The third-order valence-corrected chi connectivity index (χ3v) is 4.16. The fourth-order valence-electron chi connectivity index (χ4n) is 2.34. The molecule has 2 rings (SSSR count). The average Bonchev–Trinajstić information content (AvgIpc) is 2.70. The molecular formula is C22H23N3O2. The zero-order chi connectivity index (χ0) is 19.6. The topological polar surface area (TPSA) is 82.0 Å². The molecule has 2 N–H and O–H groups in total. The Bertz CT molecular complexity index is 881. The first kappa shape index (κ1) is 19.9. The van der Waals surface area contributed by atoms with E-state index in [1.165, 1.54) is 6.08 Å². The normalized spacial score (nSPS) is 11.6. The molecule has 1 unspecified atom stereocenters. The summed E-state index contributed by atoms with van der Waals surface area (Å²) in [7, 11) is 0. The molecule has 0 aliphatic carbocycles. The maximum absolute atomic E-state index is 12.0. The van der Waals surface area contributed by atoms with Gasteiger partial charge in [0, 0.05) is 24.2 Å². The Morgan fingerprint density at radius 1 is 1.19 bits per heavy atom. The van der Waals surface area contributed by atoms with Crippen LogP contribution in [-0.4, -0.2) is 11.8 Å². The second kappa shape index (κ2) is 9.93. The first-order chi connectivity index (χ1) is 13.0. The van der Waals surface area contributed by atoms with Gasteiger partial charge in [0.2, 0.25) is 11.8 Å². The van der Waals surface area contributed by atoms with Crippen LogP contribution in [0.4, 0.5) is 5.69 Å². The minimum atomic E-state index is -0.230. The number of benzene rings is 2. The highest BCUT2D eigenvalue weighted by atomic mass is 16.2. The Morgan fingerprint density at radius 3 is 2.70 bits per heavy atom. The van der Waals surface area contributed by atoms with E-state index in [1.807, 2.05) is 44.2 Å². The van der Waals surface area contributed by atoms with E-state index >= 15 is 0 Å². The predicted molar refractivity (Wildman–Crippen MR) is 107 cm³/mol. The van der Waals surface area contributed by atoms with E-state index < -0.39 is 0 Å². The summed E-state index contributed by atoms with van der Waals surface area (Å²) >= 11 is 0. The molecule has 5 heteroatoms. The Hall–Kier alpha value is -3.39. The molecule has 2 aromatic carbocycles. The molecule has 2 aromatic rings. The SMILES string of the molecule is CCC(C)C(=O)Nc1cccc(CNC(=O)/C=C/c2cccc(C#N)c2)c1. The first-order valence-electron chi connectivity index (χ1n) is 8.87. The summed E-state index contributed by atoms with van der Waals surface area (Å²) in [6.45, 7) is 4.22. The highest BCUT2D eigenvalue weighted by Crippen LogP contribution is 2.13. The highest BCUT2D eigenvalue weighted by molar-refractivity contribution is 5.93. The lowest BCUT2D eigenvalue weighted by atomic mass is 10.1. The molecule has 2 amide bonds. The first-order valence-corrected chi connectivity index (χ1v) is 8.87. The summed E-state index contributed by atoms with van der Waals surface area (Å²) in [5.41, 5.74) is 2.95. The average molecular weight is 361 g/mol. The van der Waals surface area contributed by atoms with E-state index in [-0.39, 0.29) is 17.7 Å². The zero-order valence-corrected chi connectivity index (χ0v) is 15.5. The van der Waals surface area contributed by atoms with E-state index in [0.717, 1.165) is 23.2 Å². The van der Waals surface area contributed by atoms with Crippen LogP contribution in [0.25, 0.3) is 6.08 Å². The molecule has 0 saturated carbocycles. The molecule has 0 aliphatic heterocycles. The van der Waals surface area contributed by atoms with Crippen LogP contribution in [0.1, 0.15) is 37.0 Å². The zero-order valence-electron chi connectivity index (χ0n) is 15.5. The summed E-state index contributed by atoms with van der Waals surface area (Å²) < 4.78 is 0. The van der Waals surface area contributed by atoms with Gasteiger partial charge in [-0.25, -0.2) is 0 Å². The number of carbonyl (C=O) groups is 2. The Balaban J connectivity index is 1.91. The van der Waals surface area contributed by atoms with E-state index in [2.05, 4.69) is 16.7 Å². The van der Waals surface area contributed by atoms with Crippen molar-refractivity contribution in [2.24, 2.45) is 5.92 Å². The molecule has 1 atom stereocenters. The third-order valence-electron chi connectivity index (χ3n) is 4.16. The summed E-state index contributed by atoms with van der Waals surface area (Å²) in [6.07, 6.45) is 3.88. The molecule has 138 valence electrons. The van der Waals surface area contributed by atoms with E-state index in [0.29, 0.717) is 12.1 Å². The molecule has 0 heterocycles. The quantitative estimate of drug-likeness (QED) is 0.735. The van der Waals surface area contributed by atoms with E-state index in [4.69, 9.17) is 5.26 Å². The lowest BCUT2D eigenvalue weighted by molar-refractivity contribution is -0.119. The summed E-state index contributed by atoms with van der Waals surface area (Å²) in [5.74, 6) is -0.286. The maximum atomic E-state index is 12.0. The number of nitrogens with one attached hydrogen (secondary N) is 2. The van der Waals surface area contributed by atoms with Gasteiger partial charge in [0.1, 0.15) is 0 Å². The van der Waals surface area contributed by atoms with Crippen molar-refractivity contribution >= 4 is 23.6 Å². The standard InChI is InChI=1S/C22H23N3O2/c1-3-16(2)22(27)25-20-9-5-8-19(13-20)15-24-21(26)11-10-17-6-4-7-18(12-17)14-23/h4-13,16H,3,15H2,1-2H3,(H,24,26)(H,25,27)/b11-10+. The number of nitrogens with zero attached hydrogens (tertiary/aromatic N) is 1. The molecule has 27 heavy (non-hydrogen) atoms. The van der Waals surface area contributed by atoms with Crippen LogP contribution in [0.5, 0.6) is 0 Å². The van der Waals surface area contributed by atoms with Crippen molar-refractivity contribution in [3.63, 3.8) is 0 Å². The Kier molecular flexibility index (Phi) is 7.33. The summed E-state index contributed by atoms with van der Waals surface area (Å²) in [6, 6.07) is 16.5. The fourth-order valence-corrected chi connectivity index (χ4v) is 2.34. The van der Waals surface area contributed by atoms with Crippen molar-refractivity contribution in [2.75, 3.05) is 5.32 Å². The molecule has 0 saturated heterocycles. The van der Waals surface area contributed by atoms with Crippen molar-refractivity contribution in [3.05, 3.63) is 71.3 Å². The number of rotatable bonds is 7. The van der Waals surface area contributed by atoms with Gasteiger partial charge >= 0.3 is 0 Å². The second-order valence-electron chi connectivity index (χ2n) is 6.29. The predicted octanol–water partition coefficient (Wildman–Crippen LogP) is 3.87. The minimum absolute atomic E-state index is 0.0128. The van der Waals surface area contributed by atoms with Crippen molar-refractivity contribution in [3.8, 4) is 6.07 Å². The monoisotopic (exact) mass is 361 g/mol. The maximum Gasteiger partial charge on any atom is 0.244 e. The van der Waals surface area contributed by atoms with Crippen LogP contribution < -0.4 is 10.6 Å². The molecule has 0 bridgehead atoms. The number of nitriles is 1. The van der Waals surface area contributed by atoms with Gasteiger partial charge in [0.05, 0.1) is 11.6 Å². The number of amides is 2. The molecule has 0 spiro atoms. The lowest BCUT2D eigenvalue weighted by Gasteiger charge is -2.11. The molecular weight excluding hydrogens is 338 g/mol. The summed E-state index contributed by atoms with van der Waals surface area (Å²) in [4.78, 5) is 24.0. The molecule has 5 nitrogen and oxygen atoms in total. The smallest absolute Gasteiger partial charge is 0.244 e. The van der Waals surface area contributed by atoms with Gasteiger partial charge in [-0.15, -0.1) is 0 Å². The van der Waals surface area contributed by atoms with Crippen LogP contribution in [0.3, 0.4) is 0 Å². The Labute approximate surface area is 159 Å². The van der Waals surface area contributed by atoms with Crippen LogP contribution in [0.2, 0.25) is 0 Å². The van der Waals surface area contributed by atoms with Gasteiger partial charge in [0.25, 0.3) is 0 Å². The molecule has 0 radical (unpaired) electrons. The van der Waals surface area contributed by atoms with Crippen LogP contribution >= 0.6 is 0 Å². The van der Waals surface area contributed by atoms with Gasteiger partial charge in [-0.2, -0.15) is 5.26 Å². The number of hydrogen-bond acceptors (Lipinski definition) is 3. The summed E-state index contributed by atoms with van der Waals surface area (Å²) in [5, 5.41) is 14.6. The number of hydrogen-bond donors (Lipinski definition) is 2. The van der Waals surface area contributed by atoms with Crippen LogP contribution in [0.15, 0.2) is 54.6 Å². The van der Waals surface area contributed by atoms with Crippen LogP contribution in [0, 0.1) is 17.2 Å². The minimum Gasteiger partial charge on any atom is -0.348 e. The van der Waals surface area contributed by atoms with Crippen molar-refractivity contribution in [1.82, 2.24) is 5.32 Å². The molecule has 0 fully saturated rings. The van der Waals surface area contributed by atoms with E-state index in [9.17, 15) is 9.59 Å². The van der Waals surface area contributed by atoms with E-state index in [1.54, 1.807) is 24.3 Å². The van der Waals surface area contributed by atoms with Gasteiger partial charge in [-0.3, -0.25) is 9.59 Å². The van der Waals surface area contributed by atoms with Gasteiger partial charge in [-0.1, -0.05) is 38.1 Å². The fraction of sp³-hybridized carbons (Fsp3) is 0.227. The van der Waals surface area contributed by atoms with Gasteiger partial charge < -0.3 is 10.6 Å².